The third-order valence-corrected chi connectivity index (χ3v) is 3.60. The maximum Gasteiger partial charge on any atom is 0.270 e. The molecule has 0 fully saturated rings. The molecular formula is C17H14N4O6. The molecule has 0 aliphatic rings. The van der Waals surface area contributed by atoms with E-state index in [9.17, 15) is 30.6 Å². The molecule has 2 rings (SSSR count). The Morgan fingerprint density at radius 3 is 2.41 bits per heavy atom. The van der Waals surface area contributed by atoms with E-state index in [1.807, 2.05) is 6.07 Å². The lowest BCUT2D eigenvalue weighted by molar-refractivity contribution is -0.385. The molecule has 0 aliphatic heterocycles. The summed E-state index contributed by atoms with van der Waals surface area (Å²) in [5.74, 6) is -0.964. The first-order valence-corrected chi connectivity index (χ1v) is 7.64. The van der Waals surface area contributed by atoms with Crippen LogP contribution in [0.5, 0.6) is 0 Å². The van der Waals surface area contributed by atoms with Crippen molar-refractivity contribution in [3.63, 3.8) is 0 Å². The molecule has 0 amide bonds. The molecule has 2 aromatic carbocycles. The first-order valence-electron chi connectivity index (χ1n) is 7.64. The van der Waals surface area contributed by atoms with E-state index in [0.29, 0.717) is 11.1 Å². The number of nitro groups is 2. The van der Waals surface area contributed by atoms with E-state index in [0.717, 1.165) is 0 Å². The van der Waals surface area contributed by atoms with Crippen LogP contribution in [0.4, 0.5) is 11.4 Å². The largest absolute Gasteiger partial charge is 0.394 e. The van der Waals surface area contributed by atoms with E-state index in [1.165, 1.54) is 48.7 Å². The number of non-ortho nitro benzene ring substituents is 2. The third-order valence-electron chi connectivity index (χ3n) is 3.60. The maximum absolute atomic E-state index is 10.7. The molecule has 10 nitrogen and oxygen atoms in total. The van der Waals surface area contributed by atoms with Crippen LogP contribution in [0.2, 0.25) is 0 Å². The molecule has 0 saturated carbocycles. The molecule has 0 bridgehead atoms. The molecule has 2 aromatic rings. The number of hydrogen-bond acceptors (Lipinski definition) is 8. The molecule has 0 heterocycles. The average molecular weight is 370 g/mol. The SMILES string of the molecule is N#CC(CO/N=C/c1cccc([N+](=O)[O-])c1)C(O)c1ccc([N+](=O)[O-])cc1. The van der Waals surface area contributed by atoms with Crippen molar-refractivity contribution in [2.24, 2.45) is 11.1 Å². The highest BCUT2D eigenvalue weighted by molar-refractivity contribution is 5.80. The molecule has 0 radical (unpaired) electrons. The number of rotatable bonds is 8. The zero-order valence-electron chi connectivity index (χ0n) is 13.8. The minimum atomic E-state index is -1.22. The summed E-state index contributed by atoms with van der Waals surface area (Å²) in [4.78, 5) is 25.2. The van der Waals surface area contributed by atoms with Gasteiger partial charge in [-0.05, 0) is 17.7 Å². The standard InChI is InChI=1S/C17H14N4O6/c18-9-14(17(22)13-4-6-15(7-5-13)20(23)24)11-27-19-10-12-2-1-3-16(8-12)21(25)26/h1-8,10,14,17,22H,11H2/b19-10+. The van der Waals surface area contributed by atoms with Crippen LogP contribution in [0.1, 0.15) is 17.2 Å². The van der Waals surface area contributed by atoms with E-state index in [4.69, 9.17) is 4.84 Å². The normalized spacial score (nSPS) is 12.9. The van der Waals surface area contributed by atoms with Gasteiger partial charge in [0.1, 0.15) is 12.5 Å². The van der Waals surface area contributed by atoms with Crippen LogP contribution >= 0.6 is 0 Å². The van der Waals surface area contributed by atoms with Crippen molar-refractivity contribution >= 4 is 17.6 Å². The maximum atomic E-state index is 10.7. The van der Waals surface area contributed by atoms with Gasteiger partial charge in [-0.25, -0.2) is 0 Å². The van der Waals surface area contributed by atoms with Crippen molar-refractivity contribution in [2.75, 3.05) is 6.61 Å². The fourth-order valence-electron chi connectivity index (χ4n) is 2.16. The summed E-state index contributed by atoms with van der Waals surface area (Å²) in [5, 5.41) is 44.4. The Labute approximate surface area is 153 Å². The van der Waals surface area contributed by atoms with Gasteiger partial charge in [0, 0.05) is 29.8 Å². The van der Waals surface area contributed by atoms with E-state index >= 15 is 0 Å². The zero-order valence-corrected chi connectivity index (χ0v) is 13.8. The minimum Gasteiger partial charge on any atom is -0.394 e. The van der Waals surface area contributed by atoms with Crippen LogP contribution < -0.4 is 0 Å². The molecule has 1 N–H and O–H groups in total. The minimum absolute atomic E-state index is 0.0950. The molecule has 0 aliphatic carbocycles. The van der Waals surface area contributed by atoms with Gasteiger partial charge in [0.2, 0.25) is 0 Å². The zero-order chi connectivity index (χ0) is 19.8. The highest BCUT2D eigenvalue weighted by Crippen LogP contribution is 2.24. The number of aliphatic hydroxyl groups excluding tert-OH is 1. The van der Waals surface area contributed by atoms with E-state index in [-0.39, 0.29) is 18.0 Å². The van der Waals surface area contributed by atoms with E-state index in [1.54, 1.807) is 6.07 Å². The first-order chi connectivity index (χ1) is 12.9. The first kappa shape index (κ1) is 19.5. The van der Waals surface area contributed by atoms with Crippen LogP contribution in [0, 0.1) is 37.5 Å². The molecule has 0 saturated heterocycles. The number of hydrogen-bond donors (Lipinski definition) is 1. The summed E-state index contributed by atoms with van der Waals surface area (Å²) in [6.45, 7) is -0.236. The predicted molar refractivity (Wildman–Crippen MR) is 93.8 cm³/mol. The van der Waals surface area contributed by atoms with Crippen molar-refractivity contribution < 1.29 is 19.8 Å². The van der Waals surface area contributed by atoms with Crippen LogP contribution in [0.25, 0.3) is 0 Å². The van der Waals surface area contributed by atoms with Crippen LogP contribution in [0.15, 0.2) is 53.7 Å². The quantitative estimate of drug-likeness (QED) is 0.426. The highest BCUT2D eigenvalue weighted by atomic mass is 16.6. The highest BCUT2D eigenvalue weighted by Gasteiger charge is 2.22. The molecule has 138 valence electrons. The Morgan fingerprint density at radius 2 is 1.81 bits per heavy atom. The van der Waals surface area contributed by atoms with Gasteiger partial charge in [0.25, 0.3) is 11.4 Å². The predicted octanol–water partition coefficient (Wildman–Crippen LogP) is 2.73. The number of nitro benzene ring substituents is 2. The van der Waals surface area contributed by atoms with Gasteiger partial charge in [-0.3, -0.25) is 20.2 Å². The van der Waals surface area contributed by atoms with Gasteiger partial charge < -0.3 is 9.94 Å². The number of benzene rings is 2. The molecule has 2 unspecified atom stereocenters. The second kappa shape index (κ2) is 9.02. The van der Waals surface area contributed by atoms with Crippen LogP contribution in [0.3, 0.4) is 0 Å². The Hall–Kier alpha value is -3.84. The molecule has 27 heavy (non-hydrogen) atoms. The van der Waals surface area contributed by atoms with Crippen molar-refractivity contribution in [1.29, 1.82) is 5.26 Å². The summed E-state index contributed by atoms with van der Waals surface area (Å²) in [6, 6.07) is 12.8. The van der Waals surface area contributed by atoms with Crippen molar-refractivity contribution in [3.05, 3.63) is 79.9 Å². The Bertz CT molecular complexity index is 891. The third kappa shape index (κ3) is 5.32. The summed E-state index contributed by atoms with van der Waals surface area (Å²) in [5.41, 5.74) is 0.548. The van der Waals surface area contributed by atoms with Gasteiger partial charge in [-0.1, -0.05) is 17.3 Å². The Kier molecular flexibility index (Phi) is 6.51. The van der Waals surface area contributed by atoms with Gasteiger partial charge in [-0.2, -0.15) is 5.26 Å². The number of nitrogens with zero attached hydrogens (tertiary/aromatic N) is 4. The lowest BCUT2D eigenvalue weighted by Crippen LogP contribution is -2.16. The van der Waals surface area contributed by atoms with Gasteiger partial charge in [0.15, 0.2) is 0 Å². The monoisotopic (exact) mass is 370 g/mol. The lowest BCUT2D eigenvalue weighted by atomic mass is 9.97. The van der Waals surface area contributed by atoms with Crippen molar-refractivity contribution in [3.8, 4) is 6.07 Å². The smallest absolute Gasteiger partial charge is 0.270 e. The Balaban J connectivity index is 1.96. The van der Waals surface area contributed by atoms with Crippen molar-refractivity contribution in [2.45, 2.75) is 6.10 Å². The topological polar surface area (TPSA) is 152 Å². The molecule has 10 heteroatoms. The average Bonchev–Trinajstić information content (AvgIpc) is 2.68. The second-order valence-corrected chi connectivity index (χ2v) is 5.41. The Morgan fingerprint density at radius 1 is 1.15 bits per heavy atom. The molecule has 0 spiro atoms. The van der Waals surface area contributed by atoms with Crippen LogP contribution in [-0.4, -0.2) is 27.8 Å². The summed E-state index contributed by atoms with van der Waals surface area (Å²) in [7, 11) is 0. The lowest BCUT2D eigenvalue weighted by Gasteiger charge is -2.15. The van der Waals surface area contributed by atoms with Gasteiger partial charge in [-0.15, -0.1) is 0 Å². The summed E-state index contributed by atoms with van der Waals surface area (Å²) in [6.07, 6.45) is 0.0310. The van der Waals surface area contributed by atoms with E-state index < -0.39 is 21.9 Å². The number of oxime groups is 1. The summed E-state index contributed by atoms with van der Waals surface area (Å²) >= 11 is 0. The molecule has 2 atom stereocenters. The summed E-state index contributed by atoms with van der Waals surface area (Å²) < 4.78 is 0. The van der Waals surface area contributed by atoms with Gasteiger partial charge in [0.05, 0.1) is 28.2 Å². The van der Waals surface area contributed by atoms with Crippen molar-refractivity contribution in [1.82, 2.24) is 0 Å². The fraction of sp³-hybridized carbons (Fsp3) is 0.176. The van der Waals surface area contributed by atoms with Crippen LogP contribution in [-0.2, 0) is 4.84 Å². The molecule has 0 aromatic heterocycles. The van der Waals surface area contributed by atoms with E-state index in [2.05, 4.69) is 5.16 Å². The number of aliphatic hydroxyl groups is 1. The molecular weight excluding hydrogens is 356 g/mol. The van der Waals surface area contributed by atoms with Gasteiger partial charge >= 0.3 is 0 Å². The second-order valence-electron chi connectivity index (χ2n) is 5.41. The number of nitriles is 1. The fourth-order valence-corrected chi connectivity index (χ4v) is 2.16.